The Morgan fingerprint density at radius 3 is 2.47 bits per heavy atom. The SMILES string of the molecule is CCc1ccc(S(=O)(=O)NC(C)(CC)CO)s1. The molecule has 1 atom stereocenters. The zero-order valence-electron chi connectivity index (χ0n) is 10.4. The van der Waals surface area contributed by atoms with Crippen molar-refractivity contribution in [1.82, 2.24) is 4.72 Å². The number of sulfonamides is 1. The first-order chi connectivity index (χ1) is 7.87. The van der Waals surface area contributed by atoms with Gasteiger partial charge in [-0.25, -0.2) is 13.1 Å². The van der Waals surface area contributed by atoms with Gasteiger partial charge in [-0.3, -0.25) is 0 Å². The van der Waals surface area contributed by atoms with E-state index in [0.29, 0.717) is 10.6 Å². The van der Waals surface area contributed by atoms with Gasteiger partial charge in [0, 0.05) is 4.88 Å². The first kappa shape index (κ1) is 14.6. The standard InChI is InChI=1S/C11H19NO3S2/c1-4-9-6-7-10(16-9)17(14,15)12-11(3,5-2)8-13/h6-7,12-13H,4-5,8H2,1-3H3. The van der Waals surface area contributed by atoms with Crippen LogP contribution in [0.3, 0.4) is 0 Å². The lowest BCUT2D eigenvalue weighted by atomic mass is 10.0. The summed E-state index contributed by atoms with van der Waals surface area (Å²) in [6.45, 7) is 5.30. The minimum absolute atomic E-state index is 0.214. The van der Waals surface area contributed by atoms with E-state index in [9.17, 15) is 13.5 Å². The Hall–Kier alpha value is -0.430. The molecule has 1 aromatic heterocycles. The van der Waals surface area contributed by atoms with Gasteiger partial charge in [-0.1, -0.05) is 13.8 Å². The van der Waals surface area contributed by atoms with Gasteiger partial charge in [0.2, 0.25) is 0 Å². The van der Waals surface area contributed by atoms with Crippen molar-refractivity contribution in [1.29, 1.82) is 0 Å². The Kier molecular flexibility index (Phi) is 4.71. The minimum Gasteiger partial charge on any atom is -0.394 e. The maximum Gasteiger partial charge on any atom is 0.250 e. The van der Waals surface area contributed by atoms with Crippen LogP contribution in [0.5, 0.6) is 0 Å². The van der Waals surface area contributed by atoms with Crippen molar-refractivity contribution >= 4 is 21.4 Å². The summed E-state index contributed by atoms with van der Waals surface area (Å²) in [7, 11) is -3.52. The predicted octanol–water partition coefficient (Wildman–Crippen LogP) is 1.75. The molecule has 0 aliphatic carbocycles. The van der Waals surface area contributed by atoms with E-state index in [1.807, 2.05) is 19.9 Å². The van der Waals surface area contributed by atoms with Crippen LogP contribution in [-0.2, 0) is 16.4 Å². The van der Waals surface area contributed by atoms with E-state index in [0.717, 1.165) is 11.3 Å². The van der Waals surface area contributed by atoms with E-state index < -0.39 is 15.6 Å². The lowest BCUT2D eigenvalue weighted by Gasteiger charge is -2.26. The highest BCUT2D eigenvalue weighted by atomic mass is 32.2. The van der Waals surface area contributed by atoms with Crippen LogP contribution in [-0.4, -0.2) is 25.7 Å². The number of hydrogen-bond donors (Lipinski definition) is 2. The lowest BCUT2D eigenvalue weighted by molar-refractivity contribution is 0.191. The Morgan fingerprint density at radius 2 is 2.06 bits per heavy atom. The molecule has 4 nitrogen and oxygen atoms in total. The van der Waals surface area contributed by atoms with Crippen LogP contribution in [0, 0.1) is 0 Å². The predicted molar refractivity (Wildman–Crippen MR) is 69.8 cm³/mol. The molecular formula is C11H19NO3S2. The summed E-state index contributed by atoms with van der Waals surface area (Å²) in [5, 5.41) is 9.22. The third kappa shape index (κ3) is 3.51. The first-order valence-electron chi connectivity index (χ1n) is 5.60. The third-order valence-electron chi connectivity index (χ3n) is 2.76. The van der Waals surface area contributed by atoms with Crippen LogP contribution in [0.1, 0.15) is 32.1 Å². The zero-order chi connectivity index (χ0) is 13.1. The molecule has 1 heterocycles. The van der Waals surface area contributed by atoms with Gasteiger partial charge in [-0.05, 0) is 31.9 Å². The minimum atomic E-state index is -3.52. The molecule has 6 heteroatoms. The van der Waals surface area contributed by atoms with Crippen molar-refractivity contribution in [2.45, 2.75) is 43.4 Å². The van der Waals surface area contributed by atoms with Crippen molar-refractivity contribution in [2.75, 3.05) is 6.61 Å². The molecule has 0 amide bonds. The van der Waals surface area contributed by atoms with Gasteiger partial charge in [0.05, 0.1) is 12.1 Å². The fourth-order valence-corrected chi connectivity index (χ4v) is 4.05. The number of nitrogens with one attached hydrogen (secondary N) is 1. The molecule has 1 aromatic rings. The maximum absolute atomic E-state index is 12.1. The van der Waals surface area contributed by atoms with Crippen molar-refractivity contribution in [2.24, 2.45) is 0 Å². The number of thiophene rings is 1. The Morgan fingerprint density at radius 1 is 1.41 bits per heavy atom. The molecule has 0 aliphatic rings. The molecule has 0 saturated heterocycles. The molecule has 0 spiro atoms. The van der Waals surface area contributed by atoms with Gasteiger partial charge in [-0.15, -0.1) is 11.3 Å². The van der Waals surface area contributed by atoms with Gasteiger partial charge < -0.3 is 5.11 Å². The molecular weight excluding hydrogens is 258 g/mol. The fourth-order valence-electron chi connectivity index (χ4n) is 1.28. The molecule has 98 valence electrons. The summed E-state index contributed by atoms with van der Waals surface area (Å²) >= 11 is 1.27. The van der Waals surface area contributed by atoms with Gasteiger partial charge in [0.1, 0.15) is 4.21 Å². The molecule has 0 aromatic carbocycles. The highest BCUT2D eigenvalue weighted by Crippen LogP contribution is 2.23. The van der Waals surface area contributed by atoms with Crippen molar-refractivity contribution < 1.29 is 13.5 Å². The summed E-state index contributed by atoms with van der Waals surface area (Å²) in [4.78, 5) is 1.03. The normalized spacial score (nSPS) is 15.8. The van der Waals surface area contributed by atoms with Crippen LogP contribution in [0.15, 0.2) is 16.3 Å². The highest BCUT2D eigenvalue weighted by molar-refractivity contribution is 7.91. The second-order valence-corrected chi connectivity index (χ2v) is 7.33. The van der Waals surface area contributed by atoms with Gasteiger partial charge >= 0.3 is 0 Å². The molecule has 0 bridgehead atoms. The summed E-state index contributed by atoms with van der Waals surface area (Å²) in [6, 6.07) is 3.43. The number of aryl methyl sites for hydroxylation is 1. The second kappa shape index (κ2) is 5.48. The second-order valence-electron chi connectivity index (χ2n) is 4.25. The molecule has 0 radical (unpaired) electrons. The van der Waals surface area contributed by atoms with Crippen molar-refractivity contribution in [3.05, 3.63) is 17.0 Å². The van der Waals surface area contributed by atoms with Gasteiger partial charge in [-0.2, -0.15) is 0 Å². The zero-order valence-corrected chi connectivity index (χ0v) is 12.0. The van der Waals surface area contributed by atoms with Crippen LogP contribution < -0.4 is 4.72 Å². The highest BCUT2D eigenvalue weighted by Gasteiger charge is 2.29. The lowest BCUT2D eigenvalue weighted by Crippen LogP contribution is -2.48. The Bertz CT molecular complexity index is 461. The van der Waals surface area contributed by atoms with Crippen LogP contribution >= 0.6 is 11.3 Å². The maximum atomic E-state index is 12.1. The van der Waals surface area contributed by atoms with Crippen LogP contribution in [0.2, 0.25) is 0 Å². The van der Waals surface area contributed by atoms with Crippen molar-refractivity contribution in [3.8, 4) is 0 Å². The van der Waals surface area contributed by atoms with E-state index >= 15 is 0 Å². The summed E-state index contributed by atoms with van der Waals surface area (Å²) < 4.78 is 27.0. The number of rotatable bonds is 6. The summed E-state index contributed by atoms with van der Waals surface area (Å²) in [5.41, 5.74) is -0.796. The number of aliphatic hydroxyl groups excluding tert-OH is 1. The third-order valence-corrected chi connectivity index (χ3v) is 6.12. The monoisotopic (exact) mass is 277 g/mol. The fraction of sp³-hybridized carbons (Fsp3) is 0.636. The molecule has 0 aliphatic heterocycles. The van der Waals surface area contributed by atoms with E-state index in [-0.39, 0.29) is 6.61 Å². The average molecular weight is 277 g/mol. The van der Waals surface area contributed by atoms with E-state index in [2.05, 4.69) is 4.72 Å². The molecule has 1 unspecified atom stereocenters. The van der Waals surface area contributed by atoms with E-state index in [4.69, 9.17) is 0 Å². The molecule has 0 fully saturated rings. The molecule has 1 rings (SSSR count). The van der Waals surface area contributed by atoms with Crippen LogP contribution in [0.4, 0.5) is 0 Å². The first-order valence-corrected chi connectivity index (χ1v) is 7.90. The Labute approximate surface area is 107 Å². The number of hydrogen-bond acceptors (Lipinski definition) is 4. The molecule has 0 saturated carbocycles. The van der Waals surface area contributed by atoms with E-state index in [1.54, 1.807) is 13.0 Å². The smallest absolute Gasteiger partial charge is 0.250 e. The summed E-state index contributed by atoms with van der Waals surface area (Å²) in [5.74, 6) is 0. The quantitative estimate of drug-likeness (QED) is 0.832. The van der Waals surface area contributed by atoms with Gasteiger partial charge in [0.25, 0.3) is 10.0 Å². The van der Waals surface area contributed by atoms with Crippen LogP contribution in [0.25, 0.3) is 0 Å². The van der Waals surface area contributed by atoms with Gasteiger partial charge in [0.15, 0.2) is 0 Å². The Balaban J connectivity index is 2.96. The topological polar surface area (TPSA) is 66.4 Å². The molecule has 17 heavy (non-hydrogen) atoms. The number of aliphatic hydroxyl groups is 1. The largest absolute Gasteiger partial charge is 0.394 e. The van der Waals surface area contributed by atoms with E-state index in [1.165, 1.54) is 11.3 Å². The summed E-state index contributed by atoms with van der Waals surface area (Å²) in [6.07, 6.45) is 1.36. The average Bonchev–Trinajstić information content (AvgIpc) is 2.77. The molecule has 2 N–H and O–H groups in total. The van der Waals surface area contributed by atoms with Crippen molar-refractivity contribution in [3.63, 3.8) is 0 Å².